The summed E-state index contributed by atoms with van der Waals surface area (Å²) >= 11 is 0. The Labute approximate surface area is 166 Å². The van der Waals surface area contributed by atoms with Crippen LogP contribution in [0.25, 0.3) is 10.9 Å². The van der Waals surface area contributed by atoms with Crippen LogP contribution >= 0.6 is 0 Å². The summed E-state index contributed by atoms with van der Waals surface area (Å²) in [6, 6.07) is 9.38. The van der Waals surface area contributed by atoms with Crippen LogP contribution in [-0.4, -0.2) is 47.9 Å². The monoisotopic (exact) mass is 418 g/mol. The normalized spacial score (nSPS) is 11.4. The minimum absolute atomic E-state index is 0.0822. The van der Waals surface area contributed by atoms with Crippen molar-refractivity contribution in [2.75, 3.05) is 18.8 Å². The van der Waals surface area contributed by atoms with Gasteiger partial charge in [0.2, 0.25) is 5.91 Å². The van der Waals surface area contributed by atoms with Crippen LogP contribution in [0.5, 0.6) is 5.75 Å². The van der Waals surface area contributed by atoms with Crippen molar-refractivity contribution in [3.05, 3.63) is 58.8 Å². The highest BCUT2D eigenvalue weighted by Crippen LogP contribution is 2.29. The van der Waals surface area contributed by atoms with Gasteiger partial charge in [0.1, 0.15) is 6.54 Å². The number of hydrogen-bond donors (Lipinski definition) is 2. The molecular weight excluding hydrogens is 400 g/mol. The largest absolute Gasteiger partial charge is 0.502 e. The standard InChI is InChI=1S/C18H18N4O6S/c1-20(2)18(24)11-21-8-7-12-9-13(3-5-15(12)21)19-29(27,28)14-4-6-17(23)16(10-14)22(25)26/h3-10,19,23H,11H2,1-2H3. The van der Waals surface area contributed by atoms with E-state index < -0.39 is 26.4 Å². The molecule has 29 heavy (non-hydrogen) atoms. The third kappa shape index (κ3) is 4.14. The summed E-state index contributed by atoms with van der Waals surface area (Å²) in [6.07, 6.45) is 1.73. The van der Waals surface area contributed by atoms with Gasteiger partial charge in [-0.3, -0.25) is 19.6 Å². The van der Waals surface area contributed by atoms with Crippen LogP contribution in [0.2, 0.25) is 0 Å². The number of carbonyl (C=O) groups excluding carboxylic acids is 1. The Morgan fingerprint density at radius 1 is 1.21 bits per heavy atom. The summed E-state index contributed by atoms with van der Waals surface area (Å²) in [7, 11) is -0.789. The molecule has 0 aliphatic carbocycles. The molecule has 2 aromatic carbocycles. The maximum atomic E-state index is 12.6. The molecule has 0 bridgehead atoms. The Kier molecular flexibility index (Phi) is 5.16. The van der Waals surface area contributed by atoms with E-state index in [1.54, 1.807) is 43.1 Å². The number of aromatic hydroxyl groups is 1. The van der Waals surface area contributed by atoms with E-state index in [-0.39, 0.29) is 23.0 Å². The van der Waals surface area contributed by atoms with Gasteiger partial charge in [-0.2, -0.15) is 0 Å². The molecule has 0 aliphatic rings. The molecule has 11 heteroatoms. The lowest BCUT2D eigenvalue weighted by Gasteiger charge is -2.12. The Bertz CT molecular complexity index is 1220. The van der Waals surface area contributed by atoms with Crippen molar-refractivity contribution < 1.29 is 23.2 Å². The van der Waals surface area contributed by atoms with E-state index in [4.69, 9.17) is 0 Å². The van der Waals surface area contributed by atoms with E-state index in [0.717, 1.165) is 23.7 Å². The molecule has 0 unspecified atom stereocenters. The molecule has 0 spiro atoms. The first kappa shape index (κ1) is 20.1. The highest BCUT2D eigenvalue weighted by atomic mass is 32.2. The number of carbonyl (C=O) groups is 1. The Morgan fingerprint density at radius 3 is 2.59 bits per heavy atom. The molecule has 0 aliphatic heterocycles. The van der Waals surface area contributed by atoms with E-state index in [1.165, 1.54) is 11.0 Å². The van der Waals surface area contributed by atoms with Crippen LogP contribution in [0.15, 0.2) is 53.6 Å². The number of amides is 1. The zero-order valence-corrected chi connectivity index (χ0v) is 16.4. The summed E-state index contributed by atoms with van der Waals surface area (Å²) in [5, 5.41) is 21.1. The molecule has 1 amide bonds. The number of nitrogens with zero attached hydrogens (tertiary/aromatic N) is 3. The summed E-state index contributed by atoms with van der Waals surface area (Å²) in [5.74, 6) is -0.704. The minimum Gasteiger partial charge on any atom is -0.502 e. The average Bonchev–Trinajstić information content (AvgIpc) is 3.03. The number of rotatable bonds is 6. The molecule has 0 saturated heterocycles. The molecular formula is C18H18N4O6S. The predicted molar refractivity (Wildman–Crippen MR) is 106 cm³/mol. The molecule has 0 radical (unpaired) electrons. The molecule has 1 heterocycles. The molecule has 0 saturated carbocycles. The fraction of sp³-hybridized carbons (Fsp3) is 0.167. The van der Waals surface area contributed by atoms with E-state index in [9.17, 15) is 28.4 Å². The molecule has 3 rings (SSSR count). The number of aromatic nitrogens is 1. The summed E-state index contributed by atoms with van der Waals surface area (Å²) in [6.45, 7) is 0.152. The van der Waals surface area contributed by atoms with Crippen molar-refractivity contribution in [1.29, 1.82) is 0 Å². The van der Waals surface area contributed by atoms with Crippen LogP contribution < -0.4 is 4.72 Å². The highest BCUT2D eigenvalue weighted by Gasteiger charge is 2.21. The van der Waals surface area contributed by atoms with Crippen LogP contribution in [0, 0.1) is 10.1 Å². The van der Waals surface area contributed by atoms with Gasteiger partial charge in [-0.05, 0) is 36.4 Å². The van der Waals surface area contributed by atoms with E-state index in [0.29, 0.717) is 5.39 Å². The number of fused-ring (bicyclic) bond motifs is 1. The summed E-state index contributed by atoms with van der Waals surface area (Å²) < 4.78 is 29.3. The van der Waals surface area contributed by atoms with Gasteiger partial charge < -0.3 is 14.6 Å². The molecule has 2 N–H and O–H groups in total. The van der Waals surface area contributed by atoms with Crippen molar-refractivity contribution in [1.82, 2.24) is 9.47 Å². The molecule has 3 aromatic rings. The first-order valence-electron chi connectivity index (χ1n) is 8.38. The van der Waals surface area contributed by atoms with Gasteiger partial charge in [0.15, 0.2) is 5.75 Å². The van der Waals surface area contributed by atoms with E-state index in [1.807, 2.05) is 0 Å². The zero-order chi connectivity index (χ0) is 21.3. The van der Waals surface area contributed by atoms with Gasteiger partial charge in [0, 0.05) is 42.9 Å². The third-order valence-electron chi connectivity index (χ3n) is 4.28. The van der Waals surface area contributed by atoms with Crippen molar-refractivity contribution in [3.63, 3.8) is 0 Å². The third-order valence-corrected chi connectivity index (χ3v) is 5.66. The number of phenols is 1. The quantitative estimate of drug-likeness (QED) is 0.465. The topological polar surface area (TPSA) is 135 Å². The number of nitro benzene ring substituents is 1. The van der Waals surface area contributed by atoms with Crippen molar-refractivity contribution in [3.8, 4) is 5.75 Å². The fourth-order valence-corrected chi connectivity index (χ4v) is 3.79. The highest BCUT2D eigenvalue weighted by molar-refractivity contribution is 7.92. The Hall–Kier alpha value is -3.60. The van der Waals surface area contributed by atoms with Gasteiger partial charge in [-0.1, -0.05) is 0 Å². The molecule has 152 valence electrons. The number of sulfonamides is 1. The van der Waals surface area contributed by atoms with Crippen molar-refractivity contribution in [2.24, 2.45) is 0 Å². The number of benzene rings is 2. The van der Waals surface area contributed by atoms with Crippen LogP contribution in [-0.2, 0) is 21.4 Å². The number of anilines is 1. The van der Waals surface area contributed by atoms with E-state index >= 15 is 0 Å². The zero-order valence-electron chi connectivity index (χ0n) is 15.6. The predicted octanol–water partition coefficient (Wildman–Crippen LogP) is 2.14. The van der Waals surface area contributed by atoms with Crippen LogP contribution in [0.3, 0.4) is 0 Å². The molecule has 10 nitrogen and oxygen atoms in total. The second-order valence-electron chi connectivity index (χ2n) is 6.52. The fourth-order valence-electron chi connectivity index (χ4n) is 2.72. The van der Waals surface area contributed by atoms with Crippen LogP contribution in [0.1, 0.15) is 0 Å². The van der Waals surface area contributed by atoms with E-state index in [2.05, 4.69) is 4.72 Å². The number of nitrogens with one attached hydrogen (secondary N) is 1. The molecule has 0 fully saturated rings. The SMILES string of the molecule is CN(C)C(=O)Cn1ccc2cc(NS(=O)(=O)c3ccc(O)c([N+](=O)[O-])c3)ccc21. The maximum absolute atomic E-state index is 12.6. The van der Waals surface area contributed by atoms with Crippen LogP contribution in [0.4, 0.5) is 11.4 Å². The average molecular weight is 418 g/mol. The lowest BCUT2D eigenvalue weighted by atomic mass is 10.2. The minimum atomic E-state index is -4.11. The summed E-state index contributed by atoms with van der Waals surface area (Å²) in [4.78, 5) is 23.1. The Balaban J connectivity index is 1.89. The van der Waals surface area contributed by atoms with Gasteiger partial charge >= 0.3 is 5.69 Å². The second-order valence-corrected chi connectivity index (χ2v) is 8.20. The van der Waals surface area contributed by atoms with Gasteiger partial charge in [0.25, 0.3) is 10.0 Å². The number of phenolic OH excluding ortho intramolecular Hbond substituents is 1. The summed E-state index contributed by atoms with van der Waals surface area (Å²) in [5.41, 5.74) is 0.305. The number of likely N-dealkylation sites (N-methyl/N-ethyl adjacent to an activating group) is 1. The maximum Gasteiger partial charge on any atom is 0.312 e. The van der Waals surface area contributed by atoms with Gasteiger partial charge in [-0.25, -0.2) is 8.42 Å². The van der Waals surface area contributed by atoms with Crippen molar-refractivity contribution >= 4 is 38.2 Å². The molecule has 1 aromatic heterocycles. The first-order valence-corrected chi connectivity index (χ1v) is 9.86. The smallest absolute Gasteiger partial charge is 0.312 e. The van der Waals surface area contributed by atoms with Gasteiger partial charge in [0.05, 0.1) is 9.82 Å². The van der Waals surface area contributed by atoms with Gasteiger partial charge in [-0.15, -0.1) is 0 Å². The second kappa shape index (κ2) is 7.43. The lowest BCUT2D eigenvalue weighted by molar-refractivity contribution is -0.386. The number of nitro groups is 1. The first-order chi connectivity index (χ1) is 13.6. The molecule has 0 atom stereocenters. The number of hydrogen-bond acceptors (Lipinski definition) is 6. The lowest BCUT2D eigenvalue weighted by Crippen LogP contribution is -2.25. The Morgan fingerprint density at radius 2 is 1.93 bits per heavy atom. The van der Waals surface area contributed by atoms with Crippen molar-refractivity contribution in [2.45, 2.75) is 11.4 Å².